The lowest BCUT2D eigenvalue weighted by atomic mass is 10.1. The lowest BCUT2D eigenvalue weighted by Crippen LogP contribution is -2.11. The van der Waals surface area contributed by atoms with E-state index in [1.165, 1.54) is 5.56 Å². The molecule has 37 heavy (non-hydrogen) atoms. The number of amides is 1. The number of rotatable bonds is 6. The Kier molecular flexibility index (Phi) is 5.92. The smallest absolute Gasteiger partial charge is 0.255 e. The minimum absolute atomic E-state index is 0.161. The Hall–Kier alpha value is -4.82. The van der Waals surface area contributed by atoms with Crippen LogP contribution in [0.3, 0.4) is 0 Å². The number of hydrogen-bond donors (Lipinski definition) is 2. The van der Waals surface area contributed by atoms with Crippen LogP contribution in [-0.4, -0.2) is 25.3 Å². The molecule has 0 radical (unpaired) electrons. The number of anilines is 3. The van der Waals surface area contributed by atoms with Crippen molar-refractivity contribution >= 4 is 39.5 Å². The number of thiazole rings is 1. The van der Waals surface area contributed by atoms with Crippen LogP contribution in [0.1, 0.15) is 15.9 Å². The number of nitrogens with zero attached hydrogens (tertiary/aromatic N) is 4. The van der Waals surface area contributed by atoms with Gasteiger partial charge in [0.25, 0.3) is 5.91 Å². The molecule has 2 N–H and O–H groups in total. The third-order valence-electron chi connectivity index (χ3n) is 5.90. The summed E-state index contributed by atoms with van der Waals surface area (Å²) in [5.74, 6) is 0.341. The maximum Gasteiger partial charge on any atom is 0.255 e. The molecule has 7 nitrogen and oxygen atoms in total. The lowest BCUT2D eigenvalue weighted by Gasteiger charge is -2.10. The summed E-state index contributed by atoms with van der Waals surface area (Å²) in [6, 6.07) is 26.8. The maximum absolute atomic E-state index is 12.7. The first kappa shape index (κ1) is 22.6. The zero-order valence-corrected chi connectivity index (χ0v) is 20.7. The van der Waals surface area contributed by atoms with E-state index in [4.69, 9.17) is 9.97 Å². The zero-order chi connectivity index (χ0) is 25.2. The van der Waals surface area contributed by atoms with E-state index in [0.29, 0.717) is 17.2 Å². The molecular formula is C29H22N6OS. The predicted octanol–water partition coefficient (Wildman–Crippen LogP) is 6.82. The first-order chi connectivity index (χ1) is 18.1. The second-order valence-corrected chi connectivity index (χ2v) is 9.40. The fourth-order valence-corrected chi connectivity index (χ4v) is 4.80. The number of benzene rings is 3. The van der Waals surface area contributed by atoms with Crippen molar-refractivity contribution in [3.05, 3.63) is 114 Å². The molecule has 3 heterocycles. The Morgan fingerprint density at radius 1 is 0.892 bits per heavy atom. The SMILES string of the molecule is Cc1ccc(Nc2nccc(-c3c(-c4cccc(NC(=O)c5ccccc5)c4)nc4sccn34)n2)cc1. The van der Waals surface area contributed by atoms with E-state index in [-0.39, 0.29) is 5.91 Å². The van der Waals surface area contributed by atoms with E-state index < -0.39 is 0 Å². The lowest BCUT2D eigenvalue weighted by molar-refractivity contribution is 0.102. The Balaban J connectivity index is 1.36. The van der Waals surface area contributed by atoms with Gasteiger partial charge in [0.1, 0.15) is 5.69 Å². The van der Waals surface area contributed by atoms with Crippen molar-refractivity contribution in [1.82, 2.24) is 19.4 Å². The second kappa shape index (κ2) is 9.67. The van der Waals surface area contributed by atoms with E-state index in [1.54, 1.807) is 29.7 Å². The molecule has 8 heteroatoms. The molecule has 0 aliphatic carbocycles. The Bertz CT molecular complexity index is 1710. The minimum Gasteiger partial charge on any atom is -0.324 e. The van der Waals surface area contributed by atoms with Crippen LogP contribution < -0.4 is 10.6 Å². The van der Waals surface area contributed by atoms with E-state index in [9.17, 15) is 4.79 Å². The van der Waals surface area contributed by atoms with Crippen molar-refractivity contribution in [2.45, 2.75) is 6.92 Å². The summed E-state index contributed by atoms with van der Waals surface area (Å²) in [6.45, 7) is 2.05. The highest BCUT2D eigenvalue weighted by atomic mass is 32.1. The fraction of sp³-hybridized carbons (Fsp3) is 0.0345. The average molecular weight is 503 g/mol. The number of aryl methyl sites for hydroxylation is 1. The quantitative estimate of drug-likeness (QED) is 0.261. The molecule has 0 unspecified atom stereocenters. The summed E-state index contributed by atoms with van der Waals surface area (Å²) in [7, 11) is 0. The fourth-order valence-electron chi connectivity index (χ4n) is 4.09. The molecule has 0 fully saturated rings. The van der Waals surface area contributed by atoms with Crippen molar-refractivity contribution in [2.75, 3.05) is 10.6 Å². The van der Waals surface area contributed by atoms with Crippen LogP contribution in [0.5, 0.6) is 0 Å². The largest absolute Gasteiger partial charge is 0.324 e. The number of imidazole rings is 1. The summed E-state index contributed by atoms with van der Waals surface area (Å²) < 4.78 is 2.03. The van der Waals surface area contributed by atoms with Gasteiger partial charge < -0.3 is 10.6 Å². The average Bonchev–Trinajstić information content (AvgIpc) is 3.53. The standard InChI is InChI=1S/C29H22N6OS/c1-19-10-12-22(13-11-19)32-28-30-15-14-24(33-28)26-25(34-29-35(26)16-17-37-29)21-8-5-9-23(18-21)31-27(36)20-6-3-2-4-7-20/h2-18H,1H3,(H,31,36)(H,30,32,33). The molecule has 0 saturated heterocycles. The predicted molar refractivity (Wildman–Crippen MR) is 148 cm³/mol. The maximum atomic E-state index is 12.7. The van der Waals surface area contributed by atoms with Gasteiger partial charge in [0.05, 0.1) is 11.4 Å². The van der Waals surface area contributed by atoms with Gasteiger partial charge in [0.2, 0.25) is 5.95 Å². The van der Waals surface area contributed by atoms with Gasteiger partial charge in [-0.3, -0.25) is 9.20 Å². The van der Waals surface area contributed by atoms with Crippen LogP contribution in [0.25, 0.3) is 27.6 Å². The number of aromatic nitrogens is 4. The molecule has 1 amide bonds. The number of carbonyl (C=O) groups excluding carboxylic acids is 1. The molecule has 6 rings (SSSR count). The van der Waals surface area contributed by atoms with Crippen molar-refractivity contribution < 1.29 is 4.79 Å². The van der Waals surface area contributed by atoms with Gasteiger partial charge in [0, 0.05) is 40.3 Å². The normalized spacial score (nSPS) is 10.9. The third kappa shape index (κ3) is 4.70. The van der Waals surface area contributed by atoms with E-state index in [0.717, 1.165) is 33.3 Å². The van der Waals surface area contributed by atoms with Gasteiger partial charge in [-0.25, -0.2) is 15.0 Å². The van der Waals surface area contributed by atoms with Crippen LogP contribution in [0.4, 0.5) is 17.3 Å². The molecule has 3 aromatic carbocycles. The Morgan fingerprint density at radius 3 is 2.57 bits per heavy atom. The molecule has 3 aromatic heterocycles. The monoisotopic (exact) mass is 502 g/mol. The van der Waals surface area contributed by atoms with Crippen molar-refractivity contribution in [2.24, 2.45) is 0 Å². The van der Waals surface area contributed by atoms with Gasteiger partial charge in [-0.05, 0) is 49.4 Å². The summed E-state index contributed by atoms with van der Waals surface area (Å²) >= 11 is 1.56. The highest BCUT2D eigenvalue weighted by Gasteiger charge is 2.19. The van der Waals surface area contributed by atoms with E-state index in [2.05, 4.69) is 22.5 Å². The van der Waals surface area contributed by atoms with Gasteiger partial charge in [-0.15, -0.1) is 11.3 Å². The van der Waals surface area contributed by atoms with Crippen LogP contribution in [0.15, 0.2) is 103 Å². The van der Waals surface area contributed by atoms with Crippen LogP contribution >= 0.6 is 11.3 Å². The highest BCUT2D eigenvalue weighted by Crippen LogP contribution is 2.34. The van der Waals surface area contributed by atoms with Gasteiger partial charge in [-0.2, -0.15) is 0 Å². The molecule has 0 aliphatic rings. The molecule has 180 valence electrons. The summed E-state index contributed by atoms with van der Waals surface area (Å²) in [6.07, 6.45) is 3.73. The molecule has 0 spiro atoms. The number of hydrogen-bond acceptors (Lipinski definition) is 6. The van der Waals surface area contributed by atoms with Crippen molar-refractivity contribution in [3.63, 3.8) is 0 Å². The summed E-state index contributed by atoms with van der Waals surface area (Å²) in [5.41, 5.74) is 6.65. The first-order valence-corrected chi connectivity index (χ1v) is 12.6. The Morgan fingerprint density at radius 2 is 1.73 bits per heavy atom. The molecule has 6 aromatic rings. The Labute approximate surface area is 217 Å². The van der Waals surface area contributed by atoms with Crippen molar-refractivity contribution in [3.8, 4) is 22.6 Å². The van der Waals surface area contributed by atoms with Crippen LogP contribution in [-0.2, 0) is 0 Å². The topological polar surface area (TPSA) is 84.2 Å². The highest BCUT2D eigenvalue weighted by molar-refractivity contribution is 7.15. The number of fused-ring (bicyclic) bond motifs is 1. The summed E-state index contributed by atoms with van der Waals surface area (Å²) in [4.78, 5) is 27.7. The van der Waals surface area contributed by atoms with Crippen LogP contribution in [0, 0.1) is 6.92 Å². The van der Waals surface area contributed by atoms with Gasteiger partial charge in [0.15, 0.2) is 4.96 Å². The first-order valence-electron chi connectivity index (χ1n) is 11.7. The minimum atomic E-state index is -0.161. The molecular weight excluding hydrogens is 480 g/mol. The number of nitrogens with one attached hydrogen (secondary N) is 2. The van der Waals surface area contributed by atoms with E-state index in [1.807, 2.05) is 88.8 Å². The second-order valence-electron chi connectivity index (χ2n) is 8.52. The van der Waals surface area contributed by atoms with Gasteiger partial charge in [-0.1, -0.05) is 48.0 Å². The van der Waals surface area contributed by atoms with Crippen molar-refractivity contribution in [1.29, 1.82) is 0 Å². The number of carbonyl (C=O) groups is 1. The molecule has 0 aliphatic heterocycles. The molecule has 0 bridgehead atoms. The third-order valence-corrected chi connectivity index (χ3v) is 6.65. The zero-order valence-electron chi connectivity index (χ0n) is 19.9. The molecule has 0 atom stereocenters. The molecule has 0 saturated carbocycles. The van der Waals surface area contributed by atoms with Crippen LogP contribution in [0.2, 0.25) is 0 Å². The van der Waals surface area contributed by atoms with Gasteiger partial charge >= 0.3 is 0 Å². The summed E-state index contributed by atoms with van der Waals surface area (Å²) in [5, 5.41) is 8.27. The van der Waals surface area contributed by atoms with E-state index >= 15 is 0 Å².